The maximum atomic E-state index is 8.59. The Hall–Kier alpha value is 0.650. The van der Waals surface area contributed by atoms with Crippen molar-refractivity contribution in [3.63, 3.8) is 0 Å². The second kappa shape index (κ2) is 7.31. The average Bonchev–Trinajstić information content (AvgIpc) is 2.00. The Labute approximate surface area is 82.9 Å². The molecule has 0 unspecified atom stereocenters. The summed E-state index contributed by atoms with van der Waals surface area (Å²) in [5.74, 6) is 0. The van der Waals surface area contributed by atoms with Crippen molar-refractivity contribution < 1.29 is 5.11 Å². The summed E-state index contributed by atoms with van der Waals surface area (Å²) in [6.07, 6.45) is 3.25. The van der Waals surface area contributed by atoms with Crippen molar-refractivity contribution >= 4 is 22.6 Å². The second-order valence-corrected chi connectivity index (χ2v) is 4.65. The lowest BCUT2D eigenvalue weighted by atomic mass is 10.1. The van der Waals surface area contributed by atoms with E-state index in [9.17, 15) is 0 Å². The quantitative estimate of drug-likeness (QED) is 0.567. The predicted octanol–water partition coefficient (Wildman–Crippen LogP) is 1.56. The molecular formula is C8H18INO. The molecule has 0 rings (SSSR count). The number of rotatable bonds is 6. The van der Waals surface area contributed by atoms with Gasteiger partial charge < -0.3 is 10.4 Å². The molecule has 0 amide bonds. The van der Waals surface area contributed by atoms with E-state index in [2.05, 4.69) is 34.8 Å². The van der Waals surface area contributed by atoms with Crippen LogP contribution in [0.3, 0.4) is 0 Å². The average molecular weight is 271 g/mol. The molecule has 0 aliphatic carbocycles. The van der Waals surface area contributed by atoms with Crippen LogP contribution in [0.1, 0.15) is 26.2 Å². The topological polar surface area (TPSA) is 32.3 Å². The van der Waals surface area contributed by atoms with Gasteiger partial charge in [-0.25, -0.2) is 0 Å². The molecule has 0 aromatic heterocycles. The summed E-state index contributed by atoms with van der Waals surface area (Å²) in [6.45, 7) is 2.51. The molecule has 0 aliphatic rings. The minimum Gasteiger partial charge on any atom is -0.396 e. The molecule has 0 radical (unpaired) electrons. The Kier molecular flexibility index (Phi) is 7.74. The molecule has 0 bridgehead atoms. The van der Waals surface area contributed by atoms with E-state index in [-0.39, 0.29) is 0 Å². The molecule has 0 aromatic rings. The Morgan fingerprint density at radius 1 is 1.55 bits per heavy atom. The standard InChI is InChI=1S/C8H18INO/c1-7(10-2)6-8(9)4-3-5-11/h7-8,10-11H,3-6H2,1-2H3/t7-,8-/m1/s1. The summed E-state index contributed by atoms with van der Waals surface area (Å²) in [6, 6.07) is 0.593. The highest BCUT2D eigenvalue weighted by molar-refractivity contribution is 14.1. The Bertz CT molecular complexity index is 90.2. The van der Waals surface area contributed by atoms with E-state index < -0.39 is 0 Å². The Morgan fingerprint density at radius 2 is 2.18 bits per heavy atom. The molecule has 0 saturated carbocycles. The van der Waals surface area contributed by atoms with Crippen molar-refractivity contribution in [1.29, 1.82) is 0 Å². The third kappa shape index (κ3) is 7.03. The molecular weight excluding hydrogens is 253 g/mol. The maximum absolute atomic E-state index is 8.59. The first-order valence-corrected chi connectivity index (χ1v) is 5.37. The zero-order valence-corrected chi connectivity index (χ0v) is 9.47. The number of halogens is 1. The summed E-state index contributed by atoms with van der Waals surface area (Å²) in [5, 5.41) is 11.8. The summed E-state index contributed by atoms with van der Waals surface area (Å²) in [7, 11) is 1.99. The zero-order valence-electron chi connectivity index (χ0n) is 7.31. The lowest BCUT2D eigenvalue weighted by Gasteiger charge is -2.14. The maximum Gasteiger partial charge on any atom is 0.0431 e. The number of aliphatic hydroxyl groups excluding tert-OH is 1. The van der Waals surface area contributed by atoms with E-state index in [0.29, 0.717) is 16.6 Å². The molecule has 0 aliphatic heterocycles. The molecule has 0 aromatic carbocycles. The number of hydrogen-bond donors (Lipinski definition) is 2. The highest BCUT2D eigenvalue weighted by Crippen LogP contribution is 2.14. The minimum atomic E-state index is 0.327. The summed E-state index contributed by atoms with van der Waals surface area (Å²) in [5.41, 5.74) is 0. The SMILES string of the molecule is CN[C@H](C)C[C@H](I)CCCO. The first kappa shape index (κ1) is 11.6. The number of nitrogens with one attached hydrogen (secondary N) is 1. The van der Waals surface area contributed by atoms with Gasteiger partial charge in [0.1, 0.15) is 0 Å². The second-order valence-electron chi connectivity index (χ2n) is 2.89. The molecule has 3 heteroatoms. The lowest BCUT2D eigenvalue weighted by molar-refractivity contribution is 0.283. The number of alkyl halides is 1. The molecule has 0 heterocycles. The zero-order chi connectivity index (χ0) is 8.69. The van der Waals surface area contributed by atoms with Crippen LogP contribution in [-0.4, -0.2) is 28.7 Å². The van der Waals surface area contributed by atoms with Crippen LogP contribution in [0.25, 0.3) is 0 Å². The van der Waals surface area contributed by atoms with Gasteiger partial charge in [0, 0.05) is 16.6 Å². The monoisotopic (exact) mass is 271 g/mol. The van der Waals surface area contributed by atoms with E-state index in [0.717, 1.165) is 12.8 Å². The van der Waals surface area contributed by atoms with Gasteiger partial charge in [-0.3, -0.25) is 0 Å². The lowest BCUT2D eigenvalue weighted by Crippen LogP contribution is -2.24. The van der Waals surface area contributed by atoms with Gasteiger partial charge in [0.15, 0.2) is 0 Å². The highest BCUT2D eigenvalue weighted by atomic mass is 127. The van der Waals surface area contributed by atoms with Crippen LogP contribution in [-0.2, 0) is 0 Å². The van der Waals surface area contributed by atoms with E-state index in [1.54, 1.807) is 0 Å². The van der Waals surface area contributed by atoms with Gasteiger partial charge in [0.2, 0.25) is 0 Å². The largest absolute Gasteiger partial charge is 0.396 e. The van der Waals surface area contributed by atoms with Crippen LogP contribution in [0, 0.1) is 0 Å². The van der Waals surface area contributed by atoms with Crippen molar-refractivity contribution in [3.8, 4) is 0 Å². The molecule has 2 N–H and O–H groups in total. The molecule has 0 saturated heterocycles. The normalized spacial score (nSPS) is 16.4. The van der Waals surface area contributed by atoms with Gasteiger partial charge in [-0.05, 0) is 33.2 Å². The van der Waals surface area contributed by atoms with Crippen LogP contribution in [0.15, 0.2) is 0 Å². The molecule has 68 valence electrons. The molecule has 11 heavy (non-hydrogen) atoms. The van der Waals surface area contributed by atoms with Crippen LogP contribution >= 0.6 is 22.6 Å². The Balaban J connectivity index is 3.27. The van der Waals surface area contributed by atoms with Crippen molar-refractivity contribution in [2.24, 2.45) is 0 Å². The van der Waals surface area contributed by atoms with Gasteiger partial charge in [-0.2, -0.15) is 0 Å². The van der Waals surface area contributed by atoms with Gasteiger partial charge in [-0.15, -0.1) is 0 Å². The van der Waals surface area contributed by atoms with Crippen molar-refractivity contribution in [2.75, 3.05) is 13.7 Å². The molecule has 2 atom stereocenters. The van der Waals surface area contributed by atoms with Crippen LogP contribution in [0.5, 0.6) is 0 Å². The molecule has 0 fully saturated rings. The van der Waals surface area contributed by atoms with Crippen LogP contribution in [0.2, 0.25) is 0 Å². The van der Waals surface area contributed by atoms with Gasteiger partial charge >= 0.3 is 0 Å². The van der Waals surface area contributed by atoms with Crippen molar-refractivity contribution in [3.05, 3.63) is 0 Å². The third-order valence-corrected chi connectivity index (χ3v) is 2.91. The van der Waals surface area contributed by atoms with Gasteiger partial charge in [-0.1, -0.05) is 22.6 Å². The van der Waals surface area contributed by atoms with Gasteiger partial charge in [0.05, 0.1) is 0 Å². The van der Waals surface area contributed by atoms with E-state index >= 15 is 0 Å². The summed E-state index contributed by atoms with van der Waals surface area (Å²) < 4.78 is 0.696. The van der Waals surface area contributed by atoms with Crippen molar-refractivity contribution in [2.45, 2.75) is 36.2 Å². The number of aliphatic hydroxyl groups is 1. The van der Waals surface area contributed by atoms with Crippen LogP contribution in [0.4, 0.5) is 0 Å². The van der Waals surface area contributed by atoms with E-state index in [4.69, 9.17) is 5.11 Å². The van der Waals surface area contributed by atoms with E-state index in [1.807, 2.05) is 7.05 Å². The summed E-state index contributed by atoms with van der Waals surface area (Å²) in [4.78, 5) is 0. The third-order valence-electron chi connectivity index (χ3n) is 1.78. The van der Waals surface area contributed by atoms with E-state index in [1.165, 1.54) is 6.42 Å². The first-order chi connectivity index (χ1) is 5.20. The fraction of sp³-hybridized carbons (Fsp3) is 1.00. The molecule has 2 nitrogen and oxygen atoms in total. The first-order valence-electron chi connectivity index (χ1n) is 4.13. The van der Waals surface area contributed by atoms with Gasteiger partial charge in [0.25, 0.3) is 0 Å². The Morgan fingerprint density at radius 3 is 2.64 bits per heavy atom. The highest BCUT2D eigenvalue weighted by Gasteiger charge is 2.07. The van der Waals surface area contributed by atoms with Crippen LogP contribution < -0.4 is 5.32 Å². The summed E-state index contributed by atoms with van der Waals surface area (Å²) >= 11 is 2.45. The van der Waals surface area contributed by atoms with Crippen molar-refractivity contribution in [1.82, 2.24) is 5.32 Å². The number of hydrogen-bond acceptors (Lipinski definition) is 2. The minimum absolute atomic E-state index is 0.327. The predicted molar refractivity (Wildman–Crippen MR) is 57.3 cm³/mol. The fourth-order valence-electron chi connectivity index (χ4n) is 0.932. The molecule has 0 spiro atoms. The smallest absolute Gasteiger partial charge is 0.0431 e. The fourth-order valence-corrected chi connectivity index (χ4v) is 2.14.